The quantitative estimate of drug-likeness (QED) is 0.915. The molecule has 21 heavy (non-hydrogen) atoms. The van der Waals surface area contributed by atoms with Crippen LogP contribution in [0.2, 0.25) is 0 Å². The van der Waals surface area contributed by atoms with Crippen molar-refractivity contribution in [1.29, 1.82) is 0 Å². The standard InChI is InChI=1S/C17H25N3O/c1-5-6-11-20-16(15(12-21)18-19-20)13-7-9-14(10-8-13)17(2,3)4/h7-10,21H,5-6,11-12H2,1-4H3. The van der Waals surface area contributed by atoms with Gasteiger partial charge in [0.2, 0.25) is 0 Å². The Morgan fingerprint density at radius 3 is 2.33 bits per heavy atom. The minimum absolute atomic E-state index is 0.0809. The van der Waals surface area contributed by atoms with Gasteiger partial charge >= 0.3 is 0 Å². The number of hydrogen-bond donors (Lipinski definition) is 1. The van der Waals surface area contributed by atoms with Gasteiger partial charge in [0, 0.05) is 12.1 Å². The van der Waals surface area contributed by atoms with E-state index in [2.05, 4.69) is 62.3 Å². The maximum atomic E-state index is 9.49. The molecule has 1 heterocycles. The third-order valence-electron chi connectivity index (χ3n) is 3.70. The number of unbranched alkanes of at least 4 members (excludes halogenated alkanes) is 1. The van der Waals surface area contributed by atoms with Crippen molar-refractivity contribution >= 4 is 0 Å². The van der Waals surface area contributed by atoms with Crippen LogP contribution in [0.5, 0.6) is 0 Å². The molecule has 0 amide bonds. The summed E-state index contributed by atoms with van der Waals surface area (Å²) in [6.07, 6.45) is 2.16. The molecule has 0 unspecified atom stereocenters. The van der Waals surface area contributed by atoms with Crippen LogP contribution >= 0.6 is 0 Å². The summed E-state index contributed by atoms with van der Waals surface area (Å²) in [4.78, 5) is 0. The number of hydrogen-bond acceptors (Lipinski definition) is 3. The van der Waals surface area contributed by atoms with E-state index in [9.17, 15) is 5.11 Å². The van der Waals surface area contributed by atoms with Gasteiger partial charge in [-0.15, -0.1) is 5.10 Å². The molecule has 0 saturated carbocycles. The Balaban J connectivity index is 2.38. The van der Waals surface area contributed by atoms with Gasteiger partial charge in [0.25, 0.3) is 0 Å². The molecule has 1 N–H and O–H groups in total. The van der Waals surface area contributed by atoms with Gasteiger partial charge in [-0.3, -0.25) is 0 Å². The average molecular weight is 287 g/mol. The second-order valence-electron chi connectivity index (χ2n) is 6.45. The molecule has 4 nitrogen and oxygen atoms in total. The van der Waals surface area contributed by atoms with E-state index in [4.69, 9.17) is 0 Å². The monoisotopic (exact) mass is 287 g/mol. The molecular weight excluding hydrogens is 262 g/mol. The van der Waals surface area contributed by atoms with Gasteiger partial charge in [-0.25, -0.2) is 4.68 Å². The molecule has 1 aromatic heterocycles. The summed E-state index contributed by atoms with van der Waals surface area (Å²) in [7, 11) is 0. The highest BCUT2D eigenvalue weighted by molar-refractivity contribution is 5.62. The fourth-order valence-corrected chi connectivity index (χ4v) is 2.36. The molecule has 0 aliphatic carbocycles. The van der Waals surface area contributed by atoms with Gasteiger partial charge in [0.15, 0.2) is 0 Å². The summed E-state index contributed by atoms with van der Waals surface area (Å²) in [6.45, 7) is 9.51. The first-order valence-electron chi connectivity index (χ1n) is 7.61. The number of aryl methyl sites for hydroxylation is 1. The highest BCUT2D eigenvalue weighted by atomic mass is 16.3. The fourth-order valence-electron chi connectivity index (χ4n) is 2.36. The van der Waals surface area contributed by atoms with Gasteiger partial charge in [-0.1, -0.05) is 63.6 Å². The Kier molecular flexibility index (Phi) is 4.78. The molecule has 4 heteroatoms. The van der Waals surface area contributed by atoms with E-state index in [-0.39, 0.29) is 12.0 Å². The molecule has 0 spiro atoms. The zero-order chi connectivity index (χ0) is 15.5. The number of aliphatic hydroxyl groups is 1. The minimum atomic E-state index is -0.0809. The third-order valence-corrected chi connectivity index (χ3v) is 3.70. The first-order chi connectivity index (χ1) is 9.97. The summed E-state index contributed by atoms with van der Waals surface area (Å²) in [5.74, 6) is 0. The van der Waals surface area contributed by atoms with Crippen LogP contribution in [-0.2, 0) is 18.6 Å². The Morgan fingerprint density at radius 2 is 1.81 bits per heavy atom. The minimum Gasteiger partial charge on any atom is -0.390 e. The van der Waals surface area contributed by atoms with Gasteiger partial charge in [-0.05, 0) is 17.4 Å². The second kappa shape index (κ2) is 6.39. The molecular formula is C17H25N3O. The molecule has 0 fully saturated rings. The molecule has 2 rings (SSSR count). The Morgan fingerprint density at radius 1 is 1.14 bits per heavy atom. The van der Waals surface area contributed by atoms with Crippen molar-refractivity contribution in [2.75, 3.05) is 0 Å². The zero-order valence-corrected chi connectivity index (χ0v) is 13.4. The van der Waals surface area contributed by atoms with Crippen LogP contribution in [0.1, 0.15) is 51.8 Å². The van der Waals surface area contributed by atoms with E-state index < -0.39 is 0 Å². The number of aromatic nitrogens is 3. The molecule has 2 aromatic rings. The SMILES string of the molecule is CCCCn1nnc(CO)c1-c1ccc(C(C)(C)C)cc1. The van der Waals surface area contributed by atoms with Crippen LogP contribution in [0.4, 0.5) is 0 Å². The molecule has 114 valence electrons. The average Bonchev–Trinajstić information content (AvgIpc) is 2.87. The molecule has 0 radical (unpaired) electrons. The zero-order valence-electron chi connectivity index (χ0n) is 13.4. The van der Waals surface area contributed by atoms with Gasteiger partial charge in [-0.2, -0.15) is 0 Å². The number of rotatable bonds is 5. The normalized spacial score (nSPS) is 11.9. The lowest BCUT2D eigenvalue weighted by atomic mass is 9.86. The fraction of sp³-hybridized carbons (Fsp3) is 0.529. The molecule has 0 atom stereocenters. The van der Waals surface area contributed by atoms with Crippen LogP contribution in [0.15, 0.2) is 24.3 Å². The third kappa shape index (κ3) is 3.50. The Hall–Kier alpha value is -1.68. The summed E-state index contributed by atoms with van der Waals surface area (Å²) in [5, 5.41) is 17.8. The molecule has 0 bridgehead atoms. The highest BCUT2D eigenvalue weighted by Gasteiger charge is 2.16. The lowest BCUT2D eigenvalue weighted by Crippen LogP contribution is -2.10. The predicted molar refractivity (Wildman–Crippen MR) is 85.0 cm³/mol. The summed E-state index contributed by atoms with van der Waals surface area (Å²) >= 11 is 0. The smallest absolute Gasteiger partial charge is 0.116 e. The van der Waals surface area contributed by atoms with Crippen molar-refractivity contribution in [3.63, 3.8) is 0 Å². The second-order valence-corrected chi connectivity index (χ2v) is 6.45. The van der Waals surface area contributed by atoms with E-state index in [1.165, 1.54) is 5.56 Å². The van der Waals surface area contributed by atoms with Crippen LogP contribution in [0.3, 0.4) is 0 Å². The molecule has 0 aliphatic heterocycles. The van der Waals surface area contributed by atoms with Crippen LogP contribution < -0.4 is 0 Å². The molecule has 0 saturated heterocycles. The number of aliphatic hydroxyl groups excluding tert-OH is 1. The summed E-state index contributed by atoms with van der Waals surface area (Å²) in [6, 6.07) is 8.49. The Labute approximate surface area is 126 Å². The number of nitrogens with zero attached hydrogens (tertiary/aromatic N) is 3. The van der Waals surface area contributed by atoms with E-state index in [0.717, 1.165) is 30.6 Å². The van der Waals surface area contributed by atoms with Crippen LogP contribution in [0.25, 0.3) is 11.3 Å². The van der Waals surface area contributed by atoms with E-state index in [1.807, 2.05) is 4.68 Å². The maximum Gasteiger partial charge on any atom is 0.116 e. The maximum absolute atomic E-state index is 9.49. The van der Waals surface area contributed by atoms with Crippen LogP contribution in [0, 0.1) is 0 Å². The van der Waals surface area contributed by atoms with Crippen molar-refractivity contribution in [3.05, 3.63) is 35.5 Å². The Bertz CT molecular complexity index is 579. The predicted octanol–water partition coefficient (Wildman–Crippen LogP) is 3.54. The van der Waals surface area contributed by atoms with Gasteiger partial charge < -0.3 is 5.11 Å². The van der Waals surface area contributed by atoms with Gasteiger partial charge in [0.1, 0.15) is 5.69 Å². The van der Waals surface area contributed by atoms with E-state index in [1.54, 1.807) is 0 Å². The highest BCUT2D eigenvalue weighted by Crippen LogP contribution is 2.27. The van der Waals surface area contributed by atoms with Crippen molar-refractivity contribution in [1.82, 2.24) is 15.0 Å². The van der Waals surface area contributed by atoms with Crippen molar-refractivity contribution in [3.8, 4) is 11.3 Å². The number of benzene rings is 1. The van der Waals surface area contributed by atoms with Crippen LogP contribution in [-0.4, -0.2) is 20.1 Å². The topological polar surface area (TPSA) is 50.9 Å². The first-order valence-corrected chi connectivity index (χ1v) is 7.61. The molecule has 1 aromatic carbocycles. The van der Waals surface area contributed by atoms with Gasteiger partial charge in [0.05, 0.1) is 12.3 Å². The van der Waals surface area contributed by atoms with Crippen molar-refractivity contribution < 1.29 is 5.11 Å². The molecule has 0 aliphatic rings. The lowest BCUT2D eigenvalue weighted by molar-refractivity contribution is 0.277. The lowest BCUT2D eigenvalue weighted by Gasteiger charge is -2.19. The summed E-state index contributed by atoms with van der Waals surface area (Å²) < 4.78 is 1.90. The van der Waals surface area contributed by atoms with Crippen molar-refractivity contribution in [2.24, 2.45) is 0 Å². The van der Waals surface area contributed by atoms with E-state index >= 15 is 0 Å². The largest absolute Gasteiger partial charge is 0.390 e. The van der Waals surface area contributed by atoms with Crippen molar-refractivity contribution in [2.45, 2.75) is 59.1 Å². The van der Waals surface area contributed by atoms with E-state index in [0.29, 0.717) is 5.69 Å². The summed E-state index contributed by atoms with van der Waals surface area (Å²) in [5.41, 5.74) is 4.08. The first kappa shape index (κ1) is 15.7.